The van der Waals surface area contributed by atoms with E-state index in [2.05, 4.69) is 27.1 Å². The molecule has 0 fully saturated rings. The summed E-state index contributed by atoms with van der Waals surface area (Å²) in [7, 11) is 1.82. The third kappa shape index (κ3) is 3.85. The first kappa shape index (κ1) is 13.7. The van der Waals surface area contributed by atoms with Gasteiger partial charge in [0.1, 0.15) is 5.82 Å². The molecule has 0 spiro atoms. The highest BCUT2D eigenvalue weighted by molar-refractivity contribution is 5.48. The fourth-order valence-corrected chi connectivity index (χ4v) is 1.61. The van der Waals surface area contributed by atoms with E-state index in [9.17, 15) is 0 Å². The van der Waals surface area contributed by atoms with E-state index in [1.807, 2.05) is 27.1 Å². The van der Waals surface area contributed by atoms with Gasteiger partial charge >= 0.3 is 0 Å². The van der Waals surface area contributed by atoms with E-state index < -0.39 is 0 Å². The van der Waals surface area contributed by atoms with E-state index in [4.69, 9.17) is 4.74 Å². The van der Waals surface area contributed by atoms with Crippen LogP contribution >= 0.6 is 0 Å². The highest BCUT2D eigenvalue weighted by atomic mass is 16.5. The number of rotatable bonds is 7. The van der Waals surface area contributed by atoms with Gasteiger partial charge in [-0.2, -0.15) is 4.98 Å². The van der Waals surface area contributed by atoms with Gasteiger partial charge in [-0.1, -0.05) is 0 Å². The van der Waals surface area contributed by atoms with Crippen LogP contribution in [0.5, 0.6) is 0 Å². The maximum Gasteiger partial charge on any atom is 0.224 e. The molecule has 0 saturated heterocycles. The molecule has 0 atom stereocenters. The molecule has 0 radical (unpaired) electrons. The normalized spacial score (nSPS) is 10.4. The Hall–Kier alpha value is -1.36. The number of hydrogen-bond acceptors (Lipinski definition) is 5. The van der Waals surface area contributed by atoms with Crippen molar-refractivity contribution in [1.29, 1.82) is 0 Å². The third-order valence-corrected chi connectivity index (χ3v) is 2.56. The smallest absolute Gasteiger partial charge is 0.224 e. The van der Waals surface area contributed by atoms with Gasteiger partial charge in [-0.3, -0.25) is 0 Å². The minimum atomic E-state index is 0.653. The largest absolute Gasteiger partial charge is 0.380 e. The summed E-state index contributed by atoms with van der Waals surface area (Å²) in [5, 5.41) is 2.96. The Bertz CT molecular complexity index is 343. The van der Waals surface area contributed by atoms with Gasteiger partial charge in [0.2, 0.25) is 5.95 Å². The molecule has 0 aromatic carbocycles. The number of anilines is 2. The molecule has 5 nitrogen and oxygen atoms in total. The molecule has 1 aromatic heterocycles. The molecule has 5 heteroatoms. The molecule has 0 aliphatic carbocycles. The summed E-state index contributed by atoms with van der Waals surface area (Å²) in [6.45, 7) is 9.39. The zero-order valence-corrected chi connectivity index (χ0v) is 11.2. The highest BCUT2D eigenvalue weighted by Gasteiger charge is 2.10. The lowest BCUT2D eigenvalue weighted by Crippen LogP contribution is -2.29. The quantitative estimate of drug-likeness (QED) is 0.733. The van der Waals surface area contributed by atoms with Crippen LogP contribution < -0.4 is 10.2 Å². The molecule has 0 unspecified atom stereocenters. The van der Waals surface area contributed by atoms with Gasteiger partial charge in [0, 0.05) is 38.5 Å². The molecular weight excluding hydrogens is 216 g/mol. The fraction of sp³-hybridized carbons (Fsp3) is 0.667. The maximum atomic E-state index is 5.38. The molecule has 1 rings (SSSR count). The molecule has 0 aliphatic rings. The van der Waals surface area contributed by atoms with Crippen molar-refractivity contribution in [1.82, 2.24) is 9.97 Å². The number of nitrogens with zero attached hydrogens (tertiary/aromatic N) is 3. The molecule has 96 valence electrons. The minimum Gasteiger partial charge on any atom is -0.380 e. The highest BCUT2D eigenvalue weighted by Crippen LogP contribution is 2.17. The Labute approximate surface area is 103 Å². The predicted molar refractivity (Wildman–Crippen MR) is 70.7 cm³/mol. The minimum absolute atomic E-state index is 0.653. The van der Waals surface area contributed by atoms with Crippen LogP contribution in [0.4, 0.5) is 11.8 Å². The molecule has 0 aliphatic heterocycles. The number of likely N-dealkylation sites (N-methyl/N-ethyl adjacent to an activating group) is 1. The maximum absolute atomic E-state index is 5.38. The van der Waals surface area contributed by atoms with Crippen molar-refractivity contribution >= 4 is 11.8 Å². The Morgan fingerprint density at radius 1 is 1.41 bits per heavy atom. The Morgan fingerprint density at radius 3 is 2.76 bits per heavy atom. The van der Waals surface area contributed by atoms with Crippen LogP contribution in [0.2, 0.25) is 0 Å². The molecule has 0 bridgehead atoms. The summed E-state index contributed by atoms with van der Waals surface area (Å²) in [6.07, 6.45) is 1.84. The summed E-state index contributed by atoms with van der Waals surface area (Å²) in [5.74, 6) is 1.63. The fourth-order valence-electron chi connectivity index (χ4n) is 1.61. The molecule has 0 saturated carbocycles. The Morgan fingerprint density at radius 2 is 2.18 bits per heavy atom. The summed E-state index contributed by atoms with van der Waals surface area (Å²) in [4.78, 5) is 10.9. The first-order valence-corrected chi connectivity index (χ1v) is 6.07. The van der Waals surface area contributed by atoms with Crippen molar-refractivity contribution in [3.63, 3.8) is 0 Å². The second-order valence-electron chi connectivity index (χ2n) is 3.73. The van der Waals surface area contributed by atoms with Crippen LogP contribution in [0.15, 0.2) is 6.20 Å². The topological polar surface area (TPSA) is 50.3 Å². The van der Waals surface area contributed by atoms with Crippen LogP contribution in [0, 0.1) is 6.92 Å². The van der Waals surface area contributed by atoms with Crippen LogP contribution in [0.25, 0.3) is 0 Å². The van der Waals surface area contributed by atoms with Crippen LogP contribution in [0.1, 0.15) is 19.4 Å². The van der Waals surface area contributed by atoms with Gasteiger partial charge in [-0.05, 0) is 20.8 Å². The zero-order valence-electron chi connectivity index (χ0n) is 11.2. The molecular formula is C12H22N4O. The van der Waals surface area contributed by atoms with Crippen LogP contribution in [-0.2, 0) is 4.74 Å². The average molecular weight is 238 g/mol. The van der Waals surface area contributed by atoms with E-state index in [-0.39, 0.29) is 0 Å². The second-order valence-corrected chi connectivity index (χ2v) is 3.73. The van der Waals surface area contributed by atoms with E-state index in [0.29, 0.717) is 5.95 Å². The number of aryl methyl sites for hydroxylation is 1. The Kier molecular flexibility index (Phi) is 5.69. The first-order chi connectivity index (χ1) is 8.22. The summed E-state index contributed by atoms with van der Waals surface area (Å²) in [6, 6.07) is 0. The number of nitrogens with one attached hydrogen (secondary N) is 1. The number of ether oxygens (including phenoxy) is 1. The number of aromatic nitrogens is 2. The van der Waals surface area contributed by atoms with Crippen molar-refractivity contribution in [3.05, 3.63) is 11.8 Å². The van der Waals surface area contributed by atoms with Gasteiger partial charge in [-0.15, -0.1) is 0 Å². The van der Waals surface area contributed by atoms with Crippen molar-refractivity contribution in [2.75, 3.05) is 43.6 Å². The van der Waals surface area contributed by atoms with Crippen molar-refractivity contribution in [2.45, 2.75) is 20.8 Å². The zero-order chi connectivity index (χ0) is 12.7. The van der Waals surface area contributed by atoms with Crippen molar-refractivity contribution in [3.8, 4) is 0 Å². The molecule has 1 N–H and O–H groups in total. The summed E-state index contributed by atoms with van der Waals surface area (Å²) >= 11 is 0. The van der Waals surface area contributed by atoms with Gasteiger partial charge in [-0.25, -0.2) is 4.98 Å². The average Bonchev–Trinajstić information content (AvgIpc) is 2.36. The van der Waals surface area contributed by atoms with E-state index in [0.717, 1.165) is 37.7 Å². The lowest BCUT2D eigenvalue weighted by Gasteiger charge is -2.23. The number of hydrogen-bond donors (Lipinski definition) is 1. The van der Waals surface area contributed by atoms with Crippen LogP contribution in [0.3, 0.4) is 0 Å². The SMILES string of the molecule is CCOCCN(CC)c1nc(NC)ncc1C. The van der Waals surface area contributed by atoms with E-state index in [1.54, 1.807) is 0 Å². The van der Waals surface area contributed by atoms with Gasteiger partial charge in [0.15, 0.2) is 0 Å². The van der Waals surface area contributed by atoms with Gasteiger partial charge in [0.25, 0.3) is 0 Å². The third-order valence-electron chi connectivity index (χ3n) is 2.56. The van der Waals surface area contributed by atoms with E-state index >= 15 is 0 Å². The lowest BCUT2D eigenvalue weighted by atomic mass is 10.3. The summed E-state index contributed by atoms with van der Waals surface area (Å²) in [5.41, 5.74) is 1.09. The standard InChI is InChI=1S/C12H22N4O/c1-5-16(7-8-17-6-2)11-10(3)9-14-12(13-4)15-11/h9H,5-8H2,1-4H3,(H,13,14,15). The van der Waals surface area contributed by atoms with E-state index in [1.165, 1.54) is 0 Å². The second kappa shape index (κ2) is 7.06. The van der Waals surface area contributed by atoms with Crippen LogP contribution in [-0.4, -0.2) is 43.3 Å². The van der Waals surface area contributed by atoms with Gasteiger partial charge in [0.05, 0.1) is 6.61 Å². The lowest BCUT2D eigenvalue weighted by molar-refractivity contribution is 0.154. The predicted octanol–water partition coefficient (Wildman–Crippen LogP) is 1.69. The van der Waals surface area contributed by atoms with Crippen molar-refractivity contribution in [2.24, 2.45) is 0 Å². The summed E-state index contributed by atoms with van der Waals surface area (Å²) < 4.78 is 5.38. The molecule has 0 amide bonds. The molecule has 1 aromatic rings. The molecule has 1 heterocycles. The monoisotopic (exact) mass is 238 g/mol. The molecule has 17 heavy (non-hydrogen) atoms. The first-order valence-electron chi connectivity index (χ1n) is 6.07. The van der Waals surface area contributed by atoms with Gasteiger partial charge < -0.3 is 15.0 Å². The van der Waals surface area contributed by atoms with Crippen molar-refractivity contribution < 1.29 is 4.74 Å². The Balaban J connectivity index is 2.78.